The molecule has 2 fully saturated rings. The molecule has 0 amide bonds. The van der Waals surface area contributed by atoms with Gasteiger partial charge in [-0.15, -0.1) is 11.8 Å². The van der Waals surface area contributed by atoms with Crippen molar-refractivity contribution in [1.82, 2.24) is 0 Å². The molecular weight excluding hydrogens is 224 g/mol. The Bertz CT molecular complexity index is 407. The summed E-state index contributed by atoms with van der Waals surface area (Å²) in [7, 11) is -2.94. The Labute approximate surface area is 97.2 Å². The number of hydrogen-bond acceptors (Lipinski definition) is 3. The van der Waals surface area contributed by atoms with E-state index >= 15 is 0 Å². The highest BCUT2D eigenvalue weighted by atomic mass is 32.2. The molecule has 2 atom stereocenters. The second kappa shape index (κ2) is 4.05. The summed E-state index contributed by atoms with van der Waals surface area (Å²) in [6.07, 6.45) is 3.39. The third-order valence-electron chi connectivity index (χ3n) is 3.67. The summed E-state index contributed by atoms with van der Waals surface area (Å²) in [5, 5.41) is 9.70. The fourth-order valence-corrected chi connectivity index (χ4v) is 5.39. The van der Waals surface area contributed by atoms with Crippen LogP contribution in [0.1, 0.15) is 45.4 Å². The first-order valence-electron chi connectivity index (χ1n) is 5.89. The second-order valence-electron chi connectivity index (χ2n) is 4.93. The first-order chi connectivity index (χ1) is 7.48. The van der Waals surface area contributed by atoms with Crippen molar-refractivity contribution in [1.29, 1.82) is 0 Å². The zero-order valence-corrected chi connectivity index (χ0v) is 10.4. The van der Waals surface area contributed by atoms with E-state index < -0.39 is 15.4 Å². The van der Waals surface area contributed by atoms with Crippen LogP contribution in [0.5, 0.6) is 0 Å². The fourth-order valence-electron chi connectivity index (χ4n) is 2.84. The largest absolute Gasteiger partial charge is 0.389 e. The van der Waals surface area contributed by atoms with E-state index in [4.69, 9.17) is 0 Å². The highest BCUT2D eigenvalue weighted by Gasteiger charge is 2.52. The van der Waals surface area contributed by atoms with Crippen molar-refractivity contribution < 1.29 is 13.5 Å². The zero-order chi connectivity index (χ0) is 11.8. The van der Waals surface area contributed by atoms with E-state index in [0.29, 0.717) is 19.3 Å². The maximum Gasteiger partial charge on any atom is 0.156 e. The summed E-state index contributed by atoms with van der Waals surface area (Å²) < 4.78 is 23.7. The van der Waals surface area contributed by atoms with E-state index in [1.165, 1.54) is 0 Å². The molecule has 4 heteroatoms. The molecule has 0 aliphatic carbocycles. The van der Waals surface area contributed by atoms with Crippen molar-refractivity contribution in [3.63, 3.8) is 0 Å². The van der Waals surface area contributed by atoms with Crippen LogP contribution in [0.2, 0.25) is 0 Å². The topological polar surface area (TPSA) is 54.4 Å². The van der Waals surface area contributed by atoms with Gasteiger partial charge in [0.25, 0.3) is 0 Å². The van der Waals surface area contributed by atoms with Crippen LogP contribution in [-0.2, 0) is 9.84 Å². The van der Waals surface area contributed by atoms with E-state index in [1.807, 2.05) is 6.92 Å². The monoisotopic (exact) mass is 242 g/mol. The Balaban J connectivity index is 2.12. The van der Waals surface area contributed by atoms with Crippen LogP contribution in [0, 0.1) is 11.8 Å². The smallest absolute Gasteiger partial charge is 0.156 e. The summed E-state index contributed by atoms with van der Waals surface area (Å²) in [6, 6.07) is 0. The molecule has 0 aromatic heterocycles. The molecule has 90 valence electrons. The molecule has 0 radical (unpaired) electrons. The van der Waals surface area contributed by atoms with Crippen LogP contribution in [0.3, 0.4) is 0 Å². The number of fused-ring (bicyclic) bond motifs is 2. The summed E-state index contributed by atoms with van der Waals surface area (Å²) in [6.45, 7) is 1.96. The number of hydrogen-bond donors (Lipinski definition) is 1. The van der Waals surface area contributed by atoms with Crippen LogP contribution in [0.25, 0.3) is 0 Å². The number of sulfone groups is 1. The maximum atomic E-state index is 11.8. The van der Waals surface area contributed by atoms with Crippen molar-refractivity contribution in [2.45, 2.75) is 61.5 Å². The average molecular weight is 242 g/mol. The lowest BCUT2D eigenvalue weighted by Gasteiger charge is -2.34. The molecule has 2 unspecified atom stereocenters. The van der Waals surface area contributed by atoms with Crippen molar-refractivity contribution in [3.05, 3.63) is 0 Å². The Hall–Kier alpha value is -0.530. The van der Waals surface area contributed by atoms with Crippen LogP contribution >= 0.6 is 0 Å². The number of aliphatic hydroxyl groups is 1. The molecule has 2 heterocycles. The van der Waals surface area contributed by atoms with Gasteiger partial charge in [-0.2, -0.15) is 0 Å². The molecular formula is C12H18O3S. The van der Waals surface area contributed by atoms with Crippen molar-refractivity contribution in [2.24, 2.45) is 0 Å². The maximum absolute atomic E-state index is 11.8. The van der Waals surface area contributed by atoms with Gasteiger partial charge in [-0.05, 0) is 25.7 Å². The van der Waals surface area contributed by atoms with Gasteiger partial charge in [0.1, 0.15) is 0 Å². The van der Waals surface area contributed by atoms with Crippen LogP contribution in [-0.4, -0.2) is 29.6 Å². The van der Waals surface area contributed by atoms with E-state index in [0.717, 1.165) is 19.3 Å². The van der Waals surface area contributed by atoms with E-state index in [2.05, 4.69) is 11.8 Å². The predicted octanol–water partition coefficient (Wildman–Crippen LogP) is 1.26. The van der Waals surface area contributed by atoms with Gasteiger partial charge in [-0.25, -0.2) is 8.42 Å². The lowest BCUT2D eigenvalue weighted by atomic mass is 9.90. The summed E-state index contributed by atoms with van der Waals surface area (Å²) >= 11 is 0. The van der Waals surface area contributed by atoms with E-state index in [9.17, 15) is 13.5 Å². The molecule has 2 saturated heterocycles. The third-order valence-corrected chi connectivity index (χ3v) is 6.34. The molecule has 0 spiro atoms. The second-order valence-corrected chi connectivity index (χ2v) is 7.44. The Morgan fingerprint density at radius 1 is 1.25 bits per heavy atom. The number of rotatable bonds is 1. The first-order valence-corrected chi connectivity index (χ1v) is 7.50. The quantitative estimate of drug-likeness (QED) is 0.704. The first kappa shape index (κ1) is 11.9. The molecule has 1 N–H and O–H groups in total. The molecule has 2 rings (SSSR count). The van der Waals surface area contributed by atoms with Gasteiger partial charge in [0, 0.05) is 12.8 Å². The summed E-state index contributed by atoms with van der Waals surface area (Å²) in [4.78, 5) is 0. The van der Waals surface area contributed by atoms with Gasteiger partial charge in [0.05, 0.1) is 16.1 Å². The predicted molar refractivity (Wildman–Crippen MR) is 62.6 cm³/mol. The zero-order valence-electron chi connectivity index (χ0n) is 9.57. The Kier molecular flexibility index (Phi) is 3.02. The third kappa shape index (κ3) is 1.99. The normalized spacial score (nSPS) is 40.1. The molecule has 0 aromatic rings. The molecule has 2 aliphatic rings. The Morgan fingerprint density at radius 2 is 1.81 bits per heavy atom. The fraction of sp³-hybridized carbons (Fsp3) is 0.833. The molecule has 16 heavy (non-hydrogen) atoms. The molecule has 2 aliphatic heterocycles. The highest BCUT2D eigenvalue weighted by Crippen LogP contribution is 2.44. The molecule has 0 saturated carbocycles. The van der Waals surface area contributed by atoms with E-state index in [-0.39, 0.29) is 10.5 Å². The van der Waals surface area contributed by atoms with Crippen molar-refractivity contribution >= 4 is 9.84 Å². The van der Waals surface area contributed by atoms with Gasteiger partial charge < -0.3 is 5.11 Å². The van der Waals surface area contributed by atoms with Crippen LogP contribution < -0.4 is 0 Å². The van der Waals surface area contributed by atoms with Crippen molar-refractivity contribution in [3.8, 4) is 11.8 Å². The molecule has 2 bridgehead atoms. The summed E-state index contributed by atoms with van der Waals surface area (Å²) in [5.74, 6) is 5.88. The SMILES string of the molecule is CCC#CCC1(O)CC2CCC(C1)S2(=O)=O. The molecule has 0 aromatic carbocycles. The van der Waals surface area contributed by atoms with Gasteiger partial charge in [0.15, 0.2) is 9.84 Å². The lowest BCUT2D eigenvalue weighted by Crippen LogP contribution is -2.44. The molecule has 3 nitrogen and oxygen atoms in total. The average Bonchev–Trinajstić information content (AvgIpc) is 2.40. The van der Waals surface area contributed by atoms with Gasteiger partial charge in [0.2, 0.25) is 0 Å². The van der Waals surface area contributed by atoms with Gasteiger partial charge >= 0.3 is 0 Å². The minimum atomic E-state index is -2.94. The standard InChI is InChI=1S/C12H18O3S/c1-2-3-4-7-12(13)8-10-5-6-11(9-12)16(10,14)15/h10-11,13H,2,5-9H2,1H3. The van der Waals surface area contributed by atoms with Crippen LogP contribution in [0.4, 0.5) is 0 Å². The van der Waals surface area contributed by atoms with Crippen molar-refractivity contribution in [2.75, 3.05) is 0 Å². The van der Waals surface area contributed by atoms with E-state index in [1.54, 1.807) is 0 Å². The highest BCUT2D eigenvalue weighted by molar-refractivity contribution is 7.93. The minimum absolute atomic E-state index is 0.320. The van der Waals surface area contributed by atoms with Gasteiger partial charge in [-0.3, -0.25) is 0 Å². The lowest BCUT2D eigenvalue weighted by molar-refractivity contribution is 0.0266. The minimum Gasteiger partial charge on any atom is -0.389 e. The van der Waals surface area contributed by atoms with Crippen LogP contribution in [0.15, 0.2) is 0 Å². The summed E-state index contributed by atoms with van der Waals surface area (Å²) in [5.41, 5.74) is -0.862. The van der Waals surface area contributed by atoms with Gasteiger partial charge in [-0.1, -0.05) is 6.92 Å². The Morgan fingerprint density at radius 3 is 2.31 bits per heavy atom.